The Kier molecular flexibility index (Phi) is 3.65. The second kappa shape index (κ2) is 6.15. The molecule has 3 aromatic carbocycles. The molecule has 1 unspecified atom stereocenters. The Hall–Kier alpha value is -2.84. The van der Waals surface area contributed by atoms with Crippen LogP contribution in [0.1, 0.15) is 5.56 Å². The zero-order chi connectivity index (χ0) is 17.5. The fraction of sp³-hybridized carbons (Fsp3) is 0.167. The summed E-state index contributed by atoms with van der Waals surface area (Å²) in [6.45, 7) is 3.93. The van der Waals surface area contributed by atoms with Crippen LogP contribution in [0.5, 0.6) is 0 Å². The van der Waals surface area contributed by atoms with E-state index in [0.29, 0.717) is 6.10 Å². The van der Waals surface area contributed by atoms with Crippen LogP contribution in [-0.4, -0.2) is 17.3 Å². The Morgan fingerprint density at radius 1 is 0.885 bits per heavy atom. The summed E-state index contributed by atoms with van der Waals surface area (Å²) in [6.07, 6.45) is 0.331. The lowest BCUT2D eigenvalue weighted by atomic mass is 9.98. The summed E-state index contributed by atoms with van der Waals surface area (Å²) in [4.78, 5) is 0. The predicted molar refractivity (Wildman–Crippen MR) is 107 cm³/mol. The number of aromatic nitrogens is 1. The number of ether oxygens (including phenoxy) is 1. The number of nitrogens with zero attached hydrogens (tertiary/aromatic N) is 1. The van der Waals surface area contributed by atoms with E-state index in [1.165, 1.54) is 38.9 Å². The summed E-state index contributed by atoms with van der Waals surface area (Å²) >= 11 is 0. The monoisotopic (exact) mass is 339 g/mol. The van der Waals surface area contributed by atoms with E-state index >= 15 is 0 Å². The van der Waals surface area contributed by atoms with Gasteiger partial charge in [0.25, 0.3) is 0 Å². The van der Waals surface area contributed by atoms with E-state index in [4.69, 9.17) is 4.74 Å². The molecule has 0 amide bonds. The minimum absolute atomic E-state index is 0.331. The molecule has 0 bridgehead atoms. The second-order valence-corrected chi connectivity index (χ2v) is 7.04. The summed E-state index contributed by atoms with van der Waals surface area (Å²) in [5, 5.41) is 1.32. The van der Waals surface area contributed by atoms with Crippen LogP contribution in [0, 0.1) is 6.92 Å². The molecule has 4 aromatic rings. The molecule has 0 spiro atoms. The van der Waals surface area contributed by atoms with Crippen LogP contribution < -0.4 is 0 Å². The van der Waals surface area contributed by atoms with E-state index in [9.17, 15) is 0 Å². The first-order chi connectivity index (χ1) is 12.8. The van der Waals surface area contributed by atoms with Gasteiger partial charge in [-0.3, -0.25) is 0 Å². The van der Waals surface area contributed by atoms with Crippen LogP contribution >= 0.6 is 0 Å². The summed E-state index contributed by atoms with van der Waals surface area (Å²) in [7, 11) is 0. The average molecular weight is 339 g/mol. The largest absolute Gasteiger partial charge is 0.371 e. The summed E-state index contributed by atoms with van der Waals surface area (Å²) in [6, 6.07) is 28.2. The van der Waals surface area contributed by atoms with Gasteiger partial charge in [0.05, 0.1) is 24.9 Å². The van der Waals surface area contributed by atoms with E-state index in [1.807, 2.05) is 0 Å². The van der Waals surface area contributed by atoms with Gasteiger partial charge < -0.3 is 9.30 Å². The number of hydrogen-bond acceptors (Lipinski definition) is 1. The van der Waals surface area contributed by atoms with Crippen LogP contribution in [0.4, 0.5) is 0 Å². The van der Waals surface area contributed by atoms with Crippen molar-refractivity contribution in [3.63, 3.8) is 0 Å². The van der Waals surface area contributed by atoms with Crippen molar-refractivity contribution in [1.82, 2.24) is 4.57 Å². The van der Waals surface area contributed by atoms with E-state index in [-0.39, 0.29) is 0 Å². The molecule has 128 valence electrons. The smallest absolute Gasteiger partial charge is 0.0988 e. The van der Waals surface area contributed by atoms with Crippen molar-refractivity contribution in [3.05, 3.63) is 84.4 Å². The molecule has 1 fully saturated rings. The molecule has 1 atom stereocenters. The Morgan fingerprint density at radius 3 is 2.19 bits per heavy atom. The van der Waals surface area contributed by atoms with E-state index < -0.39 is 0 Å². The maximum atomic E-state index is 5.57. The number of fused-ring (bicyclic) bond motifs is 1. The maximum Gasteiger partial charge on any atom is 0.0988 e. The summed E-state index contributed by atoms with van der Waals surface area (Å²) in [5.41, 5.74) is 7.68. The average Bonchev–Trinajstić information content (AvgIpc) is 3.45. The van der Waals surface area contributed by atoms with Crippen LogP contribution in [0.3, 0.4) is 0 Å². The third-order valence-corrected chi connectivity index (χ3v) is 5.12. The van der Waals surface area contributed by atoms with Crippen molar-refractivity contribution >= 4 is 10.9 Å². The molecule has 5 rings (SSSR count). The first-order valence-electron chi connectivity index (χ1n) is 9.16. The SMILES string of the molecule is Cc1ccc2c(c1)c(-c1ccccc1)c(-c1ccccc1)n2CC1CO1. The van der Waals surface area contributed by atoms with Crippen molar-refractivity contribution in [1.29, 1.82) is 0 Å². The molecule has 2 heteroatoms. The van der Waals surface area contributed by atoms with Gasteiger partial charge in [-0.1, -0.05) is 72.3 Å². The van der Waals surface area contributed by atoms with Crippen LogP contribution in [0.25, 0.3) is 33.3 Å². The Balaban J connectivity index is 1.88. The number of epoxide rings is 1. The topological polar surface area (TPSA) is 17.5 Å². The fourth-order valence-electron chi connectivity index (χ4n) is 3.83. The van der Waals surface area contributed by atoms with E-state index in [0.717, 1.165) is 13.2 Å². The highest BCUT2D eigenvalue weighted by molar-refractivity contribution is 6.04. The van der Waals surface area contributed by atoms with Gasteiger partial charge in [-0.25, -0.2) is 0 Å². The van der Waals surface area contributed by atoms with Gasteiger partial charge >= 0.3 is 0 Å². The molecule has 1 aliphatic rings. The van der Waals surface area contributed by atoms with Gasteiger partial charge in [-0.2, -0.15) is 0 Å². The zero-order valence-electron chi connectivity index (χ0n) is 14.9. The molecular formula is C24H21NO. The number of aryl methyl sites for hydroxylation is 1. The lowest BCUT2D eigenvalue weighted by Crippen LogP contribution is -2.05. The number of benzene rings is 3. The highest BCUT2D eigenvalue weighted by Gasteiger charge is 2.27. The zero-order valence-corrected chi connectivity index (χ0v) is 14.9. The molecule has 0 aliphatic carbocycles. The van der Waals surface area contributed by atoms with Crippen molar-refractivity contribution in [2.24, 2.45) is 0 Å². The lowest BCUT2D eigenvalue weighted by Gasteiger charge is -2.12. The minimum atomic E-state index is 0.331. The highest BCUT2D eigenvalue weighted by Crippen LogP contribution is 2.41. The Bertz CT molecular complexity index is 1060. The Morgan fingerprint density at radius 2 is 1.54 bits per heavy atom. The molecule has 26 heavy (non-hydrogen) atoms. The molecule has 0 radical (unpaired) electrons. The maximum absolute atomic E-state index is 5.57. The van der Waals surface area contributed by atoms with Gasteiger partial charge in [0.15, 0.2) is 0 Å². The third kappa shape index (κ3) is 2.63. The molecule has 1 aromatic heterocycles. The molecule has 1 saturated heterocycles. The van der Waals surface area contributed by atoms with E-state index in [1.54, 1.807) is 0 Å². The van der Waals surface area contributed by atoms with Crippen molar-refractivity contribution < 1.29 is 4.74 Å². The van der Waals surface area contributed by atoms with Crippen LogP contribution in [0.2, 0.25) is 0 Å². The van der Waals surface area contributed by atoms with Crippen LogP contribution in [0.15, 0.2) is 78.9 Å². The predicted octanol–water partition coefficient (Wildman–Crippen LogP) is 5.68. The molecule has 0 N–H and O–H groups in total. The summed E-state index contributed by atoms with van der Waals surface area (Å²) < 4.78 is 8.02. The quantitative estimate of drug-likeness (QED) is 0.437. The lowest BCUT2D eigenvalue weighted by molar-refractivity contribution is 0.386. The van der Waals surface area contributed by atoms with E-state index in [2.05, 4.69) is 90.4 Å². The van der Waals surface area contributed by atoms with Gasteiger partial charge in [0.1, 0.15) is 0 Å². The van der Waals surface area contributed by atoms with Gasteiger partial charge in [0, 0.05) is 16.5 Å². The number of hydrogen-bond donors (Lipinski definition) is 0. The highest BCUT2D eigenvalue weighted by atomic mass is 16.6. The molecule has 2 nitrogen and oxygen atoms in total. The minimum Gasteiger partial charge on any atom is -0.371 e. The second-order valence-electron chi connectivity index (χ2n) is 7.04. The van der Waals surface area contributed by atoms with Crippen molar-refractivity contribution in [3.8, 4) is 22.4 Å². The van der Waals surface area contributed by atoms with Gasteiger partial charge in [-0.15, -0.1) is 0 Å². The molecular weight excluding hydrogens is 318 g/mol. The fourth-order valence-corrected chi connectivity index (χ4v) is 3.83. The molecule has 1 aliphatic heterocycles. The first-order valence-corrected chi connectivity index (χ1v) is 9.16. The normalized spacial score (nSPS) is 16.1. The van der Waals surface area contributed by atoms with Crippen molar-refractivity contribution in [2.45, 2.75) is 19.6 Å². The van der Waals surface area contributed by atoms with Crippen molar-refractivity contribution in [2.75, 3.05) is 6.61 Å². The third-order valence-electron chi connectivity index (χ3n) is 5.12. The van der Waals surface area contributed by atoms with Crippen LogP contribution in [-0.2, 0) is 11.3 Å². The van der Waals surface area contributed by atoms with Gasteiger partial charge in [-0.05, 0) is 30.2 Å². The standard InChI is InChI=1S/C24H21NO/c1-17-12-13-22-21(14-17)23(18-8-4-2-5-9-18)24(19-10-6-3-7-11-19)25(22)15-20-16-26-20/h2-14,20H,15-16H2,1H3. The van der Waals surface area contributed by atoms with Gasteiger partial charge in [0.2, 0.25) is 0 Å². The summed E-state index contributed by atoms with van der Waals surface area (Å²) in [5.74, 6) is 0. The molecule has 2 heterocycles. The first kappa shape index (κ1) is 15.4. The Labute approximate surface area is 153 Å². The number of rotatable bonds is 4. The molecule has 0 saturated carbocycles.